The SMILES string of the molecule is CCOC(=O)c1ccccc1SC(C)=S. The van der Waals surface area contributed by atoms with E-state index in [4.69, 9.17) is 17.0 Å². The Bertz CT molecular complexity index is 375. The van der Waals surface area contributed by atoms with Crippen molar-refractivity contribution in [1.29, 1.82) is 0 Å². The number of carbonyl (C=O) groups excluding carboxylic acids is 1. The highest BCUT2D eigenvalue weighted by molar-refractivity contribution is 8.23. The molecule has 0 N–H and O–H groups in total. The Morgan fingerprint density at radius 1 is 1.47 bits per heavy atom. The second-order valence-corrected chi connectivity index (χ2v) is 4.94. The zero-order valence-corrected chi connectivity index (χ0v) is 10.3. The van der Waals surface area contributed by atoms with E-state index in [2.05, 4.69) is 0 Å². The summed E-state index contributed by atoms with van der Waals surface area (Å²) in [6.45, 7) is 4.01. The molecule has 0 bridgehead atoms. The summed E-state index contributed by atoms with van der Waals surface area (Å²) >= 11 is 6.41. The molecule has 0 fully saturated rings. The van der Waals surface area contributed by atoms with E-state index in [1.807, 2.05) is 25.1 Å². The lowest BCUT2D eigenvalue weighted by molar-refractivity contribution is 0.0522. The maximum Gasteiger partial charge on any atom is 0.339 e. The minimum absolute atomic E-state index is 0.295. The van der Waals surface area contributed by atoms with Crippen molar-refractivity contribution in [3.63, 3.8) is 0 Å². The van der Waals surface area contributed by atoms with E-state index in [0.29, 0.717) is 12.2 Å². The Morgan fingerprint density at radius 3 is 2.73 bits per heavy atom. The van der Waals surface area contributed by atoms with Gasteiger partial charge in [-0.05, 0) is 26.0 Å². The van der Waals surface area contributed by atoms with Crippen LogP contribution >= 0.6 is 24.0 Å². The molecular weight excluding hydrogens is 228 g/mol. The highest BCUT2D eigenvalue weighted by atomic mass is 32.2. The van der Waals surface area contributed by atoms with Gasteiger partial charge in [0.25, 0.3) is 0 Å². The fraction of sp³-hybridized carbons (Fsp3) is 0.273. The van der Waals surface area contributed by atoms with Gasteiger partial charge in [0.2, 0.25) is 0 Å². The topological polar surface area (TPSA) is 26.3 Å². The predicted octanol–water partition coefficient (Wildman–Crippen LogP) is 3.30. The van der Waals surface area contributed by atoms with E-state index in [1.165, 1.54) is 11.8 Å². The van der Waals surface area contributed by atoms with Gasteiger partial charge in [-0.1, -0.05) is 36.1 Å². The molecule has 0 saturated carbocycles. The summed E-state index contributed by atoms with van der Waals surface area (Å²) in [5.41, 5.74) is 0.577. The summed E-state index contributed by atoms with van der Waals surface area (Å²) in [5.74, 6) is -0.295. The number of ether oxygens (including phenoxy) is 1. The molecule has 15 heavy (non-hydrogen) atoms. The van der Waals surface area contributed by atoms with Gasteiger partial charge in [0.1, 0.15) is 0 Å². The summed E-state index contributed by atoms with van der Waals surface area (Å²) in [4.78, 5) is 12.4. The lowest BCUT2D eigenvalue weighted by atomic mass is 10.2. The van der Waals surface area contributed by atoms with Crippen LogP contribution in [0.25, 0.3) is 0 Å². The van der Waals surface area contributed by atoms with E-state index < -0.39 is 0 Å². The predicted molar refractivity (Wildman–Crippen MR) is 66.5 cm³/mol. The number of hydrogen-bond acceptors (Lipinski definition) is 4. The summed E-state index contributed by atoms with van der Waals surface area (Å²) in [7, 11) is 0. The molecule has 0 atom stereocenters. The van der Waals surface area contributed by atoms with Gasteiger partial charge < -0.3 is 4.74 Å². The molecule has 1 aromatic carbocycles. The molecule has 0 amide bonds. The van der Waals surface area contributed by atoms with Crippen molar-refractivity contribution in [2.75, 3.05) is 6.61 Å². The first-order chi connectivity index (χ1) is 7.15. The summed E-state index contributed by atoms with van der Waals surface area (Å²) in [5, 5.41) is 0. The summed E-state index contributed by atoms with van der Waals surface area (Å²) in [6.07, 6.45) is 0. The molecule has 4 heteroatoms. The van der Waals surface area contributed by atoms with Crippen molar-refractivity contribution < 1.29 is 9.53 Å². The molecule has 0 aromatic heterocycles. The molecule has 0 aliphatic heterocycles. The molecule has 80 valence electrons. The maximum atomic E-state index is 11.6. The van der Waals surface area contributed by atoms with Gasteiger partial charge in [-0.25, -0.2) is 4.79 Å². The second-order valence-electron chi connectivity index (χ2n) is 2.81. The highest BCUT2D eigenvalue weighted by Crippen LogP contribution is 2.24. The highest BCUT2D eigenvalue weighted by Gasteiger charge is 2.12. The molecule has 0 radical (unpaired) electrons. The number of thiocarbonyl (C=S) groups is 1. The van der Waals surface area contributed by atoms with Crippen LogP contribution in [0.2, 0.25) is 0 Å². The zero-order valence-electron chi connectivity index (χ0n) is 8.65. The van der Waals surface area contributed by atoms with Crippen molar-refractivity contribution in [3.8, 4) is 0 Å². The largest absolute Gasteiger partial charge is 0.462 e. The third-order valence-corrected chi connectivity index (χ3v) is 2.75. The summed E-state index contributed by atoms with van der Waals surface area (Å²) in [6, 6.07) is 7.31. The molecule has 2 nitrogen and oxygen atoms in total. The minimum atomic E-state index is -0.295. The van der Waals surface area contributed by atoms with Crippen LogP contribution in [0.4, 0.5) is 0 Å². The number of rotatable bonds is 3. The van der Waals surface area contributed by atoms with Crippen LogP contribution in [-0.4, -0.2) is 16.8 Å². The molecule has 0 aliphatic rings. The fourth-order valence-electron chi connectivity index (χ4n) is 1.09. The van der Waals surface area contributed by atoms with Gasteiger partial charge in [-0.2, -0.15) is 0 Å². The quantitative estimate of drug-likeness (QED) is 0.460. The molecule has 0 spiro atoms. The van der Waals surface area contributed by atoms with Crippen molar-refractivity contribution in [1.82, 2.24) is 0 Å². The molecule has 0 heterocycles. The third-order valence-electron chi connectivity index (χ3n) is 1.64. The number of esters is 1. The Morgan fingerprint density at radius 2 is 2.13 bits per heavy atom. The van der Waals surface area contributed by atoms with Crippen molar-refractivity contribution >= 4 is 34.1 Å². The smallest absolute Gasteiger partial charge is 0.339 e. The van der Waals surface area contributed by atoms with E-state index in [9.17, 15) is 4.79 Å². The van der Waals surface area contributed by atoms with Crippen molar-refractivity contribution in [2.24, 2.45) is 0 Å². The van der Waals surface area contributed by atoms with Crippen LogP contribution in [0.1, 0.15) is 24.2 Å². The first-order valence-corrected chi connectivity index (χ1v) is 5.82. The van der Waals surface area contributed by atoms with E-state index in [-0.39, 0.29) is 5.97 Å². The second kappa shape index (κ2) is 5.88. The Labute approximate surface area is 99.0 Å². The monoisotopic (exact) mass is 240 g/mol. The standard InChI is InChI=1S/C11H12O2S2/c1-3-13-11(12)9-6-4-5-7-10(9)15-8(2)14/h4-7H,3H2,1-2H3. The Kier molecular flexibility index (Phi) is 4.78. The van der Waals surface area contributed by atoms with Crippen LogP contribution in [-0.2, 0) is 4.74 Å². The lowest BCUT2D eigenvalue weighted by Gasteiger charge is -2.06. The summed E-state index contributed by atoms with van der Waals surface area (Å²) < 4.78 is 5.74. The maximum absolute atomic E-state index is 11.6. The minimum Gasteiger partial charge on any atom is -0.462 e. The normalized spacial score (nSPS) is 9.73. The van der Waals surface area contributed by atoms with Crippen LogP contribution < -0.4 is 0 Å². The zero-order chi connectivity index (χ0) is 11.3. The Hall–Kier alpha value is -0.870. The molecule has 0 saturated heterocycles. The van der Waals surface area contributed by atoms with Gasteiger partial charge >= 0.3 is 5.97 Å². The Balaban J connectivity index is 2.95. The van der Waals surface area contributed by atoms with E-state index in [1.54, 1.807) is 13.0 Å². The van der Waals surface area contributed by atoms with Gasteiger partial charge in [0.15, 0.2) is 0 Å². The van der Waals surface area contributed by atoms with Crippen molar-refractivity contribution in [2.45, 2.75) is 18.7 Å². The number of hydrogen-bond donors (Lipinski definition) is 0. The van der Waals surface area contributed by atoms with Crippen molar-refractivity contribution in [3.05, 3.63) is 29.8 Å². The van der Waals surface area contributed by atoms with Gasteiger partial charge in [0.05, 0.1) is 12.2 Å². The molecule has 1 rings (SSSR count). The molecule has 0 aliphatic carbocycles. The van der Waals surface area contributed by atoms with Gasteiger partial charge in [-0.3, -0.25) is 0 Å². The van der Waals surface area contributed by atoms with Crippen LogP contribution in [0.15, 0.2) is 29.2 Å². The number of carbonyl (C=O) groups is 1. The van der Waals surface area contributed by atoms with Gasteiger partial charge in [0, 0.05) is 9.09 Å². The fourth-order valence-corrected chi connectivity index (χ4v) is 2.07. The van der Waals surface area contributed by atoms with E-state index >= 15 is 0 Å². The lowest BCUT2D eigenvalue weighted by Crippen LogP contribution is -2.06. The first-order valence-electron chi connectivity index (χ1n) is 4.59. The average Bonchev–Trinajstić information content (AvgIpc) is 2.18. The van der Waals surface area contributed by atoms with Gasteiger partial charge in [-0.15, -0.1) is 0 Å². The molecule has 1 aromatic rings. The third kappa shape index (κ3) is 3.64. The van der Waals surface area contributed by atoms with Crippen LogP contribution in [0.5, 0.6) is 0 Å². The number of thioether (sulfide) groups is 1. The molecular formula is C11H12O2S2. The molecule has 0 unspecified atom stereocenters. The number of benzene rings is 1. The first kappa shape index (κ1) is 12.2. The van der Waals surface area contributed by atoms with E-state index in [0.717, 1.165) is 9.09 Å². The van der Waals surface area contributed by atoms with Crippen LogP contribution in [0.3, 0.4) is 0 Å². The van der Waals surface area contributed by atoms with Crippen LogP contribution in [0, 0.1) is 0 Å². The average molecular weight is 240 g/mol.